The Morgan fingerprint density at radius 3 is 2.67 bits per heavy atom. The fraction of sp³-hybridized carbons (Fsp3) is 0.545. The van der Waals surface area contributed by atoms with Crippen molar-refractivity contribution in [3.63, 3.8) is 0 Å². The molecule has 2 heterocycles. The van der Waals surface area contributed by atoms with Gasteiger partial charge in [0, 0.05) is 6.54 Å². The number of hydrogen-bond donors (Lipinski definition) is 1. The highest BCUT2D eigenvalue weighted by Gasteiger charge is 2.56. The van der Waals surface area contributed by atoms with Crippen LogP contribution in [0.2, 0.25) is 0 Å². The van der Waals surface area contributed by atoms with Crippen LogP contribution < -0.4 is 10.2 Å². The topological polar surface area (TPSA) is 82.6 Å². The van der Waals surface area contributed by atoms with Gasteiger partial charge in [0.2, 0.25) is 5.91 Å². The molecule has 8 heteroatoms. The maximum atomic E-state index is 13.3. The van der Waals surface area contributed by atoms with E-state index in [1.807, 2.05) is 33.8 Å². The third-order valence-electron chi connectivity index (χ3n) is 5.88. The molecular weight excluding hydrogens is 400 g/mol. The fourth-order valence-electron chi connectivity index (χ4n) is 4.15. The summed E-state index contributed by atoms with van der Waals surface area (Å²) in [6, 6.07) is 3.63. The smallest absolute Gasteiger partial charge is 0.323 e. The van der Waals surface area contributed by atoms with Gasteiger partial charge in [-0.3, -0.25) is 19.4 Å². The normalized spacial score (nSPS) is 21.6. The number of anilines is 1. The van der Waals surface area contributed by atoms with E-state index in [4.69, 9.17) is 4.98 Å². The second-order valence-corrected chi connectivity index (χ2v) is 10.1. The fourth-order valence-corrected chi connectivity index (χ4v) is 5.19. The molecule has 1 atom stereocenters. The quantitative estimate of drug-likeness (QED) is 0.713. The SMILES string of the molecule is Cc1cc(C)c2sc(N(CC(C)C)C(=O)CN3C(=O)NC(C)(C4CC4)C3=O)nc2c1. The third-order valence-corrected chi connectivity index (χ3v) is 7.11. The summed E-state index contributed by atoms with van der Waals surface area (Å²) in [5.74, 6) is -0.218. The molecule has 1 aliphatic carbocycles. The van der Waals surface area contributed by atoms with E-state index in [0.29, 0.717) is 11.7 Å². The number of urea groups is 1. The highest BCUT2D eigenvalue weighted by molar-refractivity contribution is 7.22. The molecule has 2 aliphatic rings. The van der Waals surface area contributed by atoms with Gasteiger partial charge in [-0.15, -0.1) is 0 Å². The first-order valence-electron chi connectivity index (χ1n) is 10.4. The van der Waals surface area contributed by atoms with Crippen LogP contribution in [0.1, 0.15) is 44.7 Å². The first kappa shape index (κ1) is 20.8. The Balaban J connectivity index is 1.61. The predicted molar refractivity (Wildman–Crippen MR) is 118 cm³/mol. The second kappa shape index (κ2) is 7.34. The zero-order chi connectivity index (χ0) is 21.8. The highest BCUT2D eigenvalue weighted by atomic mass is 32.1. The largest absolute Gasteiger partial charge is 0.325 e. The third kappa shape index (κ3) is 3.57. The van der Waals surface area contributed by atoms with Gasteiger partial charge >= 0.3 is 6.03 Å². The molecule has 0 spiro atoms. The molecule has 1 N–H and O–H groups in total. The molecule has 160 valence electrons. The Morgan fingerprint density at radius 2 is 2.03 bits per heavy atom. The lowest BCUT2D eigenvalue weighted by molar-refractivity contribution is -0.134. The number of fused-ring (bicyclic) bond motifs is 1. The molecule has 30 heavy (non-hydrogen) atoms. The Hall–Kier alpha value is -2.48. The summed E-state index contributed by atoms with van der Waals surface area (Å²) in [5.41, 5.74) is 2.23. The molecule has 4 amide bonds. The van der Waals surface area contributed by atoms with E-state index < -0.39 is 11.6 Å². The number of amides is 4. The van der Waals surface area contributed by atoms with Crippen LogP contribution in [0, 0.1) is 25.7 Å². The number of hydrogen-bond acceptors (Lipinski definition) is 5. The number of carbonyl (C=O) groups is 3. The van der Waals surface area contributed by atoms with Crippen LogP contribution in [0.25, 0.3) is 10.2 Å². The average Bonchev–Trinajstić information content (AvgIpc) is 3.39. The minimum absolute atomic E-state index is 0.163. The molecule has 1 saturated heterocycles. The molecule has 2 fully saturated rings. The van der Waals surface area contributed by atoms with E-state index in [2.05, 4.69) is 11.4 Å². The number of rotatable bonds is 6. The van der Waals surface area contributed by atoms with Gasteiger partial charge in [-0.1, -0.05) is 31.3 Å². The van der Waals surface area contributed by atoms with Gasteiger partial charge in [0.1, 0.15) is 12.1 Å². The van der Waals surface area contributed by atoms with Crippen molar-refractivity contribution in [1.82, 2.24) is 15.2 Å². The Labute approximate surface area is 180 Å². The Kier molecular flexibility index (Phi) is 5.08. The number of aryl methyl sites for hydroxylation is 2. The second-order valence-electron chi connectivity index (χ2n) is 9.12. The van der Waals surface area contributed by atoms with Crippen LogP contribution in [-0.2, 0) is 9.59 Å². The molecular formula is C22H28N4O3S. The van der Waals surface area contributed by atoms with Crippen molar-refractivity contribution in [2.45, 2.75) is 53.0 Å². The van der Waals surface area contributed by atoms with Crippen LogP contribution in [0.3, 0.4) is 0 Å². The molecule has 1 unspecified atom stereocenters. The number of aromatic nitrogens is 1. The number of benzene rings is 1. The summed E-state index contributed by atoms with van der Waals surface area (Å²) < 4.78 is 1.05. The van der Waals surface area contributed by atoms with Crippen molar-refractivity contribution >= 4 is 44.5 Å². The molecule has 4 rings (SSSR count). The standard InChI is InChI=1S/C22H28N4O3S/c1-12(2)10-25(21-23-16-9-13(3)8-14(4)18(16)30-21)17(27)11-26-19(28)22(5,15-6-7-15)24-20(26)29/h8-9,12,15H,6-7,10-11H2,1-5H3,(H,24,29). The number of nitrogens with one attached hydrogen (secondary N) is 1. The number of carbonyl (C=O) groups excluding carboxylic acids is 3. The van der Waals surface area contributed by atoms with Crippen molar-refractivity contribution in [2.75, 3.05) is 18.0 Å². The van der Waals surface area contributed by atoms with Gasteiger partial charge in [0.15, 0.2) is 5.13 Å². The highest BCUT2D eigenvalue weighted by Crippen LogP contribution is 2.42. The monoisotopic (exact) mass is 428 g/mol. The summed E-state index contributed by atoms with van der Waals surface area (Å²) >= 11 is 1.48. The Morgan fingerprint density at radius 1 is 1.33 bits per heavy atom. The van der Waals surface area contributed by atoms with Crippen molar-refractivity contribution in [2.24, 2.45) is 11.8 Å². The first-order chi connectivity index (χ1) is 14.1. The van der Waals surface area contributed by atoms with Gasteiger partial charge < -0.3 is 5.32 Å². The van der Waals surface area contributed by atoms with E-state index in [-0.39, 0.29) is 30.2 Å². The van der Waals surface area contributed by atoms with Gasteiger partial charge in [0.25, 0.3) is 5.91 Å². The molecule has 7 nitrogen and oxygen atoms in total. The predicted octanol–water partition coefficient (Wildman–Crippen LogP) is 3.62. The van der Waals surface area contributed by atoms with Crippen LogP contribution in [-0.4, -0.2) is 46.4 Å². The van der Waals surface area contributed by atoms with E-state index in [0.717, 1.165) is 39.1 Å². The summed E-state index contributed by atoms with van der Waals surface area (Å²) in [7, 11) is 0. The zero-order valence-corrected chi connectivity index (χ0v) is 18.9. The molecule has 1 aromatic heterocycles. The van der Waals surface area contributed by atoms with E-state index >= 15 is 0 Å². The van der Waals surface area contributed by atoms with Crippen LogP contribution >= 0.6 is 11.3 Å². The van der Waals surface area contributed by atoms with Gasteiger partial charge in [0.05, 0.1) is 10.2 Å². The number of thiazole rings is 1. The maximum absolute atomic E-state index is 13.3. The van der Waals surface area contributed by atoms with Crippen LogP contribution in [0.15, 0.2) is 12.1 Å². The van der Waals surface area contributed by atoms with E-state index in [1.165, 1.54) is 11.3 Å². The van der Waals surface area contributed by atoms with Crippen molar-refractivity contribution in [3.8, 4) is 0 Å². The first-order valence-corrected chi connectivity index (χ1v) is 11.2. The number of imide groups is 1. The van der Waals surface area contributed by atoms with Crippen molar-refractivity contribution < 1.29 is 14.4 Å². The minimum Gasteiger partial charge on any atom is -0.323 e. The summed E-state index contributed by atoms with van der Waals surface area (Å²) in [6.45, 7) is 10.1. The lowest BCUT2D eigenvalue weighted by atomic mass is 9.96. The lowest BCUT2D eigenvalue weighted by Gasteiger charge is -2.24. The lowest BCUT2D eigenvalue weighted by Crippen LogP contribution is -2.47. The van der Waals surface area contributed by atoms with E-state index in [1.54, 1.807) is 11.8 Å². The van der Waals surface area contributed by atoms with Crippen LogP contribution in [0.5, 0.6) is 0 Å². The average molecular weight is 429 g/mol. The summed E-state index contributed by atoms with van der Waals surface area (Å²) in [4.78, 5) is 46.1. The molecule has 0 radical (unpaired) electrons. The maximum Gasteiger partial charge on any atom is 0.325 e. The van der Waals surface area contributed by atoms with Gasteiger partial charge in [-0.2, -0.15) is 0 Å². The molecule has 1 saturated carbocycles. The molecule has 2 aromatic rings. The molecule has 0 bridgehead atoms. The van der Waals surface area contributed by atoms with Gasteiger partial charge in [-0.05, 0) is 62.6 Å². The van der Waals surface area contributed by atoms with E-state index in [9.17, 15) is 14.4 Å². The number of nitrogens with zero attached hydrogens (tertiary/aromatic N) is 3. The Bertz CT molecular complexity index is 1040. The summed E-state index contributed by atoms with van der Waals surface area (Å²) in [6.07, 6.45) is 1.85. The van der Waals surface area contributed by atoms with Crippen LogP contribution in [0.4, 0.5) is 9.93 Å². The molecule has 1 aliphatic heterocycles. The minimum atomic E-state index is -0.884. The zero-order valence-electron chi connectivity index (χ0n) is 18.1. The van der Waals surface area contributed by atoms with Gasteiger partial charge in [-0.25, -0.2) is 9.78 Å². The summed E-state index contributed by atoms with van der Waals surface area (Å²) in [5, 5.41) is 3.41. The van der Waals surface area contributed by atoms with Crippen molar-refractivity contribution in [3.05, 3.63) is 23.3 Å². The molecule has 1 aromatic carbocycles. The van der Waals surface area contributed by atoms with Crippen molar-refractivity contribution in [1.29, 1.82) is 0 Å².